The molecule has 1 aromatic carbocycles. The fraction of sp³-hybridized carbons (Fsp3) is 0.586. The fourth-order valence-electron chi connectivity index (χ4n) is 8.05. The van der Waals surface area contributed by atoms with Crippen molar-refractivity contribution in [3.63, 3.8) is 0 Å². The van der Waals surface area contributed by atoms with Gasteiger partial charge in [-0.3, -0.25) is 19.3 Å². The molecule has 35 heavy (non-hydrogen) atoms. The monoisotopic (exact) mass is 477 g/mol. The van der Waals surface area contributed by atoms with Crippen molar-refractivity contribution in [3.05, 3.63) is 42.0 Å². The summed E-state index contributed by atoms with van der Waals surface area (Å²) in [6.45, 7) is 8.67. The van der Waals surface area contributed by atoms with Crippen LogP contribution in [-0.2, 0) is 23.9 Å². The zero-order valence-electron chi connectivity index (χ0n) is 21.0. The number of fused-ring (bicyclic) bond motifs is 4. The molecule has 1 aromatic rings. The summed E-state index contributed by atoms with van der Waals surface area (Å²) in [5.41, 5.74) is 1.18. The number of esters is 1. The van der Waals surface area contributed by atoms with Crippen molar-refractivity contribution in [2.75, 3.05) is 11.5 Å². The third-order valence-electron chi connectivity index (χ3n) is 9.56. The van der Waals surface area contributed by atoms with E-state index in [1.165, 1.54) is 4.90 Å². The molecule has 1 saturated heterocycles. The van der Waals surface area contributed by atoms with Crippen LogP contribution in [0.25, 0.3) is 0 Å². The molecule has 6 heteroatoms. The third kappa shape index (κ3) is 3.43. The molecule has 0 N–H and O–H groups in total. The van der Waals surface area contributed by atoms with E-state index in [2.05, 4.69) is 20.8 Å². The molecule has 2 amide bonds. The Morgan fingerprint density at radius 1 is 1.09 bits per heavy atom. The second kappa shape index (κ2) is 8.42. The van der Waals surface area contributed by atoms with Gasteiger partial charge < -0.3 is 9.53 Å². The number of nitrogens with zero attached hydrogens (tertiary/aromatic N) is 1. The molecule has 7 atom stereocenters. The highest BCUT2D eigenvalue weighted by Crippen LogP contribution is 2.65. The third-order valence-corrected chi connectivity index (χ3v) is 9.56. The molecule has 0 aromatic heterocycles. The highest BCUT2D eigenvalue weighted by Gasteiger charge is 2.64. The van der Waals surface area contributed by atoms with E-state index in [0.29, 0.717) is 5.69 Å². The lowest BCUT2D eigenvalue weighted by molar-refractivity contribution is -0.153. The molecule has 6 nitrogen and oxygen atoms in total. The smallest absolute Gasteiger partial charge is 0.313 e. The van der Waals surface area contributed by atoms with Crippen molar-refractivity contribution in [3.8, 4) is 0 Å². The number of allylic oxidation sites excluding steroid dienone is 1. The minimum Gasteiger partial charge on any atom is -0.466 e. The van der Waals surface area contributed by atoms with Gasteiger partial charge in [0.15, 0.2) is 0 Å². The van der Waals surface area contributed by atoms with Gasteiger partial charge in [0, 0.05) is 5.92 Å². The van der Waals surface area contributed by atoms with E-state index < -0.39 is 23.7 Å². The number of aldehydes is 1. The number of carbonyl (C=O) groups excluding carboxylic acids is 4. The first-order valence-corrected chi connectivity index (χ1v) is 12.9. The quantitative estimate of drug-likeness (QED) is 0.274. The van der Waals surface area contributed by atoms with Gasteiger partial charge >= 0.3 is 5.97 Å². The van der Waals surface area contributed by atoms with Gasteiger partial charge in [-0.05, 0) is 61.0 Å². The molecule has 0 unspecified atom stereocenters. The number of anilines is 1. The Kier molecular flexibility index (Phi) is 5.77. The Morgan fingerprint density at radius 3 is 2.43 bits per heavy atom. The van der Waals surface area contributed by atoms with Crippen LogP contribution in [0.2, 0.25) is 0 Å². The van der Waals surface area contributed by atoms with Crippen molar-refractivity contribution in [2.24, 2.45) is 46.3 Å². The Morgan fingerprint density at radius 2 is 1.77 bits per heavy atom. The predicted molar refractivity (Wildman–Crippen MR) is 131 cm³/mol. The molecule has 0 spiro atoms. The number of carbonyl (C=O) groups is 4. The summed E-state index contributed by atoms with van der Waals surface area (Å²) in [6, 6.07) is 8.92. The van der Waals surface area contributed by atoms with Crippen LogP contribution in [0.15, 0.2) is 42.0 Å². The maximum Gasteiger partial charge on any atom is 0.313 e. The zero-order chi connectivity index (χ0) is 25.1. The fourth-order valence-corrected chi connectivity index (χ4v) is 8.05. The summed E-state index contributed by atoms with van der Waals surface area (Å²) < 4.78 is 5.37. The van der Waals surface area contributed by atoms with E-state index >= 15 is 0 Å². The van der Waals surface area contributed by atoms with Gasteiger partial charge in [-0.25, -0.2) is 0 Å². The van der Waals surface area contributed by atoms with Gasteiger partial charge in [-0.2, -0.15) is 0 Å². The van der Waals surface area contributed by atoms with E-state index in [9.17, 15) is 19.2 Å². The van der Waals surface area contributed by atoms with Gasteiger partial charge in [0.1, 0.15) is 6.29 Å². The average Bonchev–Trinajstić information content (AvgIpc) is 3.08. The van der Waals surface area contributed by atoms with Crippen molar-refractivity contribution in [1.82, 2.24) is 0 Å². The number of amides is 2. The van der Waals surface area contributed by atoms with Crippen LogP contribution in [0.5, 0.6) is 0 Å². The number of ether oxygens (including phenoxy) is 1. The lowest BCUT2D eigenvalue weighted by Gasteiger charge is -2.60. The normalized spacial score (nSPS) is 37.6. The van der Waals surface area contributed by atoms with Crippen LogP contribution in [0.4, 0.5) is 5.69 Å². The summed E-state index contributed by atoms with van der Waals surface area (Å²) in [6.07, 6.45) is 6.69. The van der Waals surface area contributed by atoms with Crippen LogP contribution in [0.1, 0.15) is 53.4 Å². The lowest BCUT2D eigenvalue weighted by Crippen LogP contribution is -2.55. The first kappa shape index (κ1) is 24.0. The average molecular weight is 478 g/mol. The highest BCUT2D eigenvalue weighted by molar-refractivity contribution is 6.23. The van der Waals surface area contributed by atoms with E-state index in [1.807, 2.05) is 12.1 Å². The first-order chi connectivity index (χ1) is 16.7. The van der Waals surface area contributed by atoms with Crippen LogP contribution in [-0.4, -0.2) is 30.7 Å². The number of hydrogen-bond donors (Lipinski definition) is 0. The molecular weight excluding hydrogens is 442 g/mol. The van der Waals surface area contributed by atoms with Gasteiger partial charge in [-0.15, -0.1) is 0 Å². The number of imide groups is 1. The summed E-state index contributed by atoms with van der Waals surface area (Å²) in [7, 11) is 0. The van der Waals surface area contributed by atoms with Crippen LogP contribution in [0.3, 0.4) is 0 Å². The molecule has 2 saturated carbocycles. The summed E-state index contributed by atoms with van der Waals surface area (Å²) in [4.78, 5) is 54.8. The molecule has 4 aliphatic rings. The van der Waals surface area contributed by atoms with E-state index in [0.717, 1.165) is 37.5 Å². The molecule has 1 heterocycles. The topological polar surface area (TPSA) is 80.8 Å². The van der Waals surface area contributed by atoms with Crippen LogP contribution >= 0.6 is 0 Å². The standard InChI is InChI=1S/C29H35NO5/c1-5-35-27(34)20-14-18-19(15-22-28(2,3)12-9-13-29(22,4)21(18)16-31)23-24(20)26(33)30(25(23)32)17-10-7-6-8-11-17/h6-8,10-11,14,16,19-24H,5,9,12-13,15H2,1-4H3/t19-,20+,21+,22+,23-,24+,29-/m1/s1. The molecular formula is C29H35NO5. The second-order valence-corrected chi connectivity index (χ2v) is 11.7. The maximum absolute atomic E-state index is 14.0. The molecule has 186 valence electrons. The maximum atomic E-state index is 14.0. The lowest BCUT2D eigenvalue weighted by atomic mass is 9.43. The van der Waals surface area contributed by atoms with Crippen molar-refractivity contribution in [2.45, 2.75) is 53.4 Å². The van der Waals surface area contributed by atoms with E-state index in [-0.39, 0.29) is 47.0 Å². The van der Waals surface area contributed by atoms with E-state index in [4.69, 9.17) is 4.74 Å². The SMILES string of the molecule is CCOC(=O)[C@H]1C=C2[C@@H](C[C@H]3C(C)(C)CCC[C@]3(C)[C@H]2C=O)[C@H]2C(=O)N(c3ccccc3)C(=O)[C@H]21. The van der Waals surface area contributed by atoms with Crippen LogP contribution < -0.4 is 4.90 Å². The molecule has 0 bridgehead atoms. The minimum atomic E-state index is -0.865. The van der Waals surface area contributed by atoms with Crippen LogP contribution in [0, 0.1) is 46.3 Å². The molecule has 1 aliphatic heterocycles. The summed E-state index contributed by atoms with van der Waals surface area (Å²) >= 11 is 0. The van der Waals surface area contributed by atoms with E-state index in [1.54, 1.807) is 31.2 Å². The number of hydrogen-bond acceptors (Lipinski definition) is 5. The summed E-state index contributed by atoms with van der Waals surface area (Å²) in [5.74, 6) is -3.81. The Bertz CT molecular complexity index is 1090. The van der Waals surface area contributed by atoms with Crippen molar-refractivity contribution >= 4 is 29.8 Å². The zero-order valence-corrected chi connectivity index (χ0v) is 21.0. The number of rotatable bonds is 4. The molecule has 0 radical (unpaired) electrons. The molecule has 3 aliphatic carbocycles. The van der Waals surface area contributed by atoms with Gasteiger partial charge in [0.2, 0.25) is 11.8 Å². The summed E-state index contributed by atoms with van der Waals surface area (Å²) in [5, 5.41) is 0. The second-order valence-electron chi connectivity index (χ2n) is 11.7. The Labute approximate surface area is 207 Å². The van der Waals surface area contributed by atoms with Gasteiger partial charge in [0.25, 0.3) is 0 Å². The highest BCUT2D eigenvalue weighted by atomic mass is 16.5. The first-order valence-electron chi connectivity index (χ1n) is 12.9. The van der Waals surface area contributed by atoms with Gasteiger partial charge in [0.05, 0.1) is 30.0 Å². The number of para-hydroxylation sites is 1. The predicted octanol–water partition coefficient (Wildman–Crippen LogP) is 4.58. The number of benzene rings is 1. The van der Waals surface area contributed by atoms with Gasteiger partial charge in [-0.1, -0.05) is 57.0 Å². The van der Waals surface area contributed by atoms with Crippen molar-refractivity contribution < 1.29 is 23.9 Å². The molecule has 3 fully saturated rings. The largest absolute Gasteiger partial charge is 0.466 e. The minimum absolute atomic E-state index is 0.0258. The Balaban J connectivity index is 1.66. The Hall–Kier alpha value is -2.76. The molecule has 5 rings (SSSR count). The van der Waals surface area contributed by atoms with Crippen molar-refractivity contribution in [1.29, 1.82) is 0 Å².